The van der Waals surface area contributed by atoms with Crippen LogP contribution in [0.15, 0.2) is 42.5 Å². The van der Waals surface area contributed by atoms with Gasteiger partial charge in [0.05, 0.1) is 16.8 Å². The standard InChI is InChI=1S/C21H23IN2O7/c22-17-13-14(1-7-18(17)25)2-8-19(26)24-9-10-29-11-12-30-21(28)31-16-5-3-15(4-6-16)20(23)27/h1,3-7,13,25H,2,8-12H2,(H2,23,27)(H,24,26). The molecule has 0 aliphatic carbocycles. The van der Waals surface area contributed by atoms with Gasteiger partial charge in [-0.2, -0.15) is 0 Å². The molecule has 0 fully saturated rings. The number of phenolic OH excluding ortho intramolecular Hbond substituents is 1. The molecule has 2 amide bonds. The molecule has 0 unspecified atom stereocenters. The molecule has 10 heteroatoms. The van der Waals surface area contributed by atoms with Crippen LogP contribution in [0.25, 0.3) is 0 Å². The van der Waals surface area contributed by atoms with Gasteiger partial charge in [-0.3, -0.25) is 9.59 Å². The highest BCUT2D eigenvalue weighted by Gasteiger charge is 2.08. The van der Waals surface area contributed by atoms with E-state index >= 15 is 0 Å². The van der Waals surface area contributed by atoms with E-state index in [1.54, 1.807) is 12.1 Å². The minimum Gasteiger partial charge on any atom is -0.507 e. The van der Waals surface area contributed by atoms with Crippen LogP contribution in [0, 0.1) is 3.57 Å². The summed E-state index contributed by atoms with van der Waals surface area (Å²) in [5, 5.41) is 12.2. The average Bonchev–Trinajstić information content (AvgIpc) is 2.74. The smallest absolute Gasteiger partial charge is 0.507 e. The normalized spacial score (nSPS) is 10.4. The van der Waals surface area contributed by atoms with Crippen molar-refractivity contribution in [2.24, 2.45) is 5.73 Å². The molecule has 0 aromatic heterocycles. The number of benzene rings is 2. The molecule has 0 bridgehead atoms. The van der Waals surface area contributed by atoms with Gasteiger partial charge in [0.2, 0.25) is 11.8 Å². The van der Waals surface area contributed by atoms with Crippen LogP contribution in [0.1, 0.15) is 22.3 Å². The van der Waals surface area contributed by atoms with Crippen molar-refractivity contribution in [3.05, 3.63) is 57.2 Å². The number of carbonyl (C=O) groups excluding carboxylic acids is 3. The Morgan fingerprint density at radius 2 is 1.77 bits per heavy atom. The minimum atomic E-state index is -0.896. The molecule has 0 aliphatic rings. The van der Waals surface area contributed by atoms with Crippen LogP contribution in [0.3, 0.4) is 0 Å². The van der Waals surface area contributed by atoms with Gasteiger partial charge in [-0.1, -0.05) is 6.07 Å². The van der Waals surface area contributed by atoms with Crippen LogP contribution in [0.4, 0.5) is 4.79 Å². The molecular formula is C21H23IN2O7. The zero-order valence-electron chi connectivity index (χ0n) is 16.6. The molecule has 0 heterocycles. The van der Waals surface area contributed by atoms with Gasteiger partial charge in [0, 0.05) is 18.5 Å². The second-order valence-corrected chi connectivity index (χ2v) is 7.50. The van der Waals surface area contributed by atoms with Gasteiger partial charge < -0.3 is 30.4 Å². The lowest BCUT2D eigenvalue weighted by Crippen LogP contribution is -2.28. The summed E-state index contributed by atoms with van der Waals surface area (Å²) in [4.78, 5) is 34.4. The molecule has 9 nitrogen and oxygen atoms in total. The van der Waals surface area contributed by atoms with Gasteiger partial charge in [0.25, 0.3) is 0 Å². The first-order chi connectivity index (χ1) is 14.8. The SMILES string of the molecule is NC(=O)c1ccc(OC(=O)OCCOCCNC(=O)CCc2ccc(O)c(I)c2)cc1. The van der Waals surface area contributed by atoms with Crippen molar-refractivity contribution in [2.75, 3.05) is 26.4 Å². The lowest BCUT2D eigenvalue weighted by atomic mass is 10.1. The Morgan fingerprint density at radius 3 is 2.45 bits per heavy atom. The maximum atomic E-state index is 11.8. The number of ether oxygens (including phenoxy) is 3. The summed E-state index contributed by atoms with van der Waals surface area (Å²) in [6.45, 7) is 0.752. The first-order valence-corrected chi connectivity index (χ1v) is 10.5. The summed E-state index contributed by atoms with van der Waals surface area (Å²) in [5.41, 5.74) is 6.41. The minimum absolute atomic E-state index is 0.00830. The van der Waals surface area contributed by atoms with Crippen molar-refractivity contribution in [1.82, 2.24) is 5.32 Å². The highest BCUT2D eigenvalue weighted by Crippen LogP contribution is 2.20. The van der Waals surface area contributed by atoms with Crippen molar-refractivity contribution in [3.63, 3.8) is 0 Å². The molecule has 166 valence electrons. The van der Waals surface area contributed by atoms with Gasteiger partial charge in [0.1, 0.15) is 18.1 Å². The number of carbonyl (C=O) groups is 3. The van der Waals surface area contributed by atoms with Crippen molar-refractivity contribution in [1.29, 1.82) is 0 Å². The number of amides is 2. The number of hydrogen-bond donors (Lipinski definition) is 3. The molecule has 31 heavy (non-hydrogen) atoms. The number of phenols is 1. The van der Waals surface area contributed by atoms with Gasteiger partial charge >= 0.3 is 6.16 Å². The Hall–Kier alpha value is -2.86. The van der Waals surface area contributed by atoms with E-state index in [4.69, 9.17) is 19.9 Å². The zero-order chi connectivity index (χ0) is 22.6. The summed E-state index contributed by atoms with van der Waals surface area (Å²) in [6.07, 6.45) is 0.00746. The Balaban J connectivity index is 1.50. The first-order valence-electron chi connectivity index (χ1n) is 9.41. The third-order valence-electron chi connectivity index (χ3n) is 4.01. The van der Waals surface area contributed by atoms with Crippen LogP contribution in [0.5, 0.6) is 11.5 Å². The highest BCUT2D eigenvalue weighted by molar-refractivity contribution is 14.1. The van der Waals surface area contributed by atoms with Crippen molar-refractivity contribution < 1.29 is 33.7 Å². The maximum Gasteiger partial charge on any atom is 0.513 e. The Morgan fingerprint density at radius 1 is 1.03 bits per heavy atom. The molecule has 4 N–H and O–H groups in total. The molecular weight excluding hydrogens is 519 g/mol. The zero-order valence-corrected chi connectivity index (χ0v) is 18.8. The summed E-state index contributed by atoms with van der Waals surface area (Å²) in [7, 11) is 0. The second-order valence-electron chi connectivity index (χ2n) is 6.34. The molecule has 0 radical (unpaired) electrons. The third kappa shape index (κ3) is 9.22. The van der Waals surface area contributed by atoms with E-state index in [1.807, 2.05) is 28.7 Å². The predicted octanol–water partition coefficient (Wildman–Crippen LogP) is 2.38. The topological polar surface area (TPSA) is 137 Å². The first kappa shape index (κ1) is 24.4. The fourth-order valence-electron chi connectivity index (χ4n) is 2.41. The summed E-state index contributed by atoms with van der Waals surface area (Å²) < 4.78 is 15.9. The van der Waals surface area contributed by atoms with Gasteiger partial charge in [0.15, 0.2) is 0 Å². The fourth-order valence-corrected chi connectivity index (χ4v) is 2.99. The summed E-state index contributed by atoms with van der Waals surface area (Å²) in [5.74, 6) is -0.230. The molecule has 2 rings (SSSR count). The summed E-state index contributed by atoms with van der Waals surface area (Å²) in [6, 6.07) is 11.0. The van der Waals surface area contributed by atoms with E-state index in [1.165, 1.54) is 24.3 Å². The molecule has 0 aliphatic heterocycles. The Bertz CT molecular complexity index is 903. The summed E-state index contributed by atoms with van der Waals surface area (Å²) >= 11 is 2.04. The van der Waals surface area contributed by atoms with E-state index in [-0.39, 0.29) is 37.2 Å². The maximum absolute atomic E-state index is 11.8. The van der Waals surface area contributed by atoms with Crippen LogP contribution >= 0.6 is 22.6 Å². The molecule has 2 aromatic rings. The van der Waals surface area contributed by atoms with E-state index in [2.05, 4.69) is 5.32 Å². The number of aromatic hydroxyl groups is 1. The number of nitrogens with two attached hydrogens (primary N) is 1. The number of halogens is 1. The van der Waals surface area contributed by atoms with Gasteiger partial charge in [-0.25, -0.2) is 4.79 Å². The number of hydrogen-bond acceptors (Lipinski definition) is 7. The monoisotopic (exact) mass is 542 g/mol. The molecule has 0 saturated carbocycles. The fraction of sp³-hybridized carbons (Fsp3) is 0.286. The lowest BCUT2D eigenvalue weighted by Gasteiger charge is -2.08. The lowest BCUT2D eigenvalue weighted by molar-refractivity contribution is -0.121. The number of nitrogens with one attached hydrogen (secondary N) is 1. The van der Waals surface area contributed by atoms with Gasteiger partial charge in [-0.05, 0) is 71.0 Å². The molecule has 0 saturated heterocycles. The third-order valence-corrected chi connectivity index (χ3v) is 4.87. The number of rotatable bonds is 11. The molecule has 2 aromatic carbocycles. The molecule has 0 spiro atoms. The van der Waals surface area contributed by atoms with Crippen LogP contribution < -0.4 is 15.8 Å². The Labute approximate surface area is 193 Å². The molecule has 0 atom stereocenters. The van der Waals surface area contributed by atoms with E-state index < -0.39 is 12.1 Å². The second kappa shape index (κ2) is 12.7. The quantitative estimate of drug-likeness (QED) is 0.172. The van der Waals surface area contributed by atoms with Crippen LogP contribution in [0.2, 0.25) is 0 Å². The predicted molar refractivity (Wildman–Crippen MR) is 120 cm³/mol. The van der Waals surface area contributed by atoms with Gasteiger partial charge in [-0.15, -0.1) is 0 Å². The van der Waals surface area contributed by atoms with Crippen molar-refractivity contribution >= 4 is 40.6 Å². The van der Waals surface area contributed by atoms with Crippen LogP contribution in [-0.4, -0.2) is 49.4 Å². The van der Waals surface area contributed by atoms with E-state index in [0.717, 1.165) is 9.13 Å². The largest absolute Gasteiger partial charge is 0.513 e. The van der Waals surface area contributed by atoms with E-state index in [9.17, 15) is 19.5 Å². The van der Waals surface area contributed by atoms with Crippen molar-refractivity contribution in [2.45, 2.75) is 12.8 Å². The van der Waals surface area contributed by atoms with Crippen molar-refractivity contribution in [3.8, 4) is 11.5 Å². The highest BCUT2D eigenvalue weighted by atomic mass is 127. The number of aryl methyl sites for hydroxylation is 1. The average molecular weight is 542 g/mol. The van der Waals surface area contributed by atoms with E-state index in [0.29, 0.717) is 24.9 Å². The van der Waals surface area contributed by atoms with Crippen LogP contribution in [-0.2, 0) is 20.7 Å². The Kier molecular flexibility index (Phi) is 10.0. The number of primary amides is 1.